The van der Waals surface area contributed by atoms with E-state index in [-0.39, 0.29) is 18.5 Å². The average Bonchev–Trinajstić information content (AvgIpc) is 2.99. The Morgan fingerprint density at radius 2 is 1.95 bits per heavy atom. The largest absolute Gasteiger partial charge is 0.454 e. The number of rotatable bonds is 3. The molecular weight excluding hydrogens is 287 g/mol. The van der Waals surface area contributed by atoms with Crippen molar-refractivity contribution >= 4 is 11.6 Å². The molecule has 0 saturated heterocycles. The number of hydrogen-bond acceptors (Lipinski definition) is 4. The normalized spacial score (nSPS) is 13.1. The molecule has 0 aliphatic carbocycles. The maximum absolute atomic E-state index is 13.2. The zero-order valence-corrected chi connectivity index (χ0v) is 11.8. The van der Waals surface area contributed by atoms with Crippen LogP contribution in [0.25, 0.3) is 0 Å². The van der Waals surface area contributed by atoms with E-state index in [1.54, 1.807) is 37.3 Å². The molecule has 112 valence electrons. The monoisotopic (exact) mass is 300 g/mol. The van der Waals surface area contributed by atoms with Gasteiger partial charge in [0.25, 0.3) is 5.91 Å². The first-order valence-electron chi connectivity index (χ1n) is 6.64. The fraction of sp³-hybridized carbons (Fsp3) is 0.125. The van der Waals surface area contributed by atoms with Gasteiger partial charge in [-0.1, -0.05) is 12.1 Å². The summed E-state index contributed by atoms with van der Waals surface area (Å²) in [5.74, 6) is 0.401. The minimum absolute atomic E-state index is 0.150. The summed E-state index contributed by atoms with van der Waals surface area (Å²) >= 11 is 0. The van der Waals surface area contributed by atoms with Gasteiger partial charge in [0.15, 0.2) is 11.5 Å². The highest BCUT2D eigenvalue weighted by molar-refractivity contribution is 6.01. The number of hydrogen-bond donors (Lipinski definition) is 1. The van der Waals surface area contributed by atoms with Gasteiger partial charge >= 0.3 is 0 Å². The van der Waals surface area contributed by atoms with Crippen molar-refractivity contribution in [3.05, 3.63) is 59.4 Å². The summed E-state index contributed by atoms with van der Waals surface area (Å²) in [6.07, 6.45) is 0. The van der Waals surface area contributed by atoms with E-state index < -0.39 is 0 Å². The summed E-state index contributed by atoms with van der Waals surface area (Å²) in [5.41, 5.74) is 3.95. The number of benzene rings is 2. The molecule has 1 aliphatic heterocycles. The highest BCUT2D eigenvalue weighted by Crippen LogP contribution is 2.32. The van der Waals surface area contributed by atoms with Gasteiger partial charge in [-0.05, 0) is 37.3 Å². The summed E-state index contributed by atoms with van der Waals surface area (Å²) in [7, 11) is 0. The molecule has 6 heteroatoms. The second-order valence-electron chi connectivity index (χ2n) is 4.72. The van der Waals surface area contributed by atoms with E-state index in [0.717, 1.165) is 0 Å². The maximum Gasteiger partial charge on any atom is 0.271 e. The molecule has 1 amide bonds. The van der Waals surface area contributed by atoms with Gasteiger partial charge in [-0.3, -0.25) is 4.79 Å². The second-order valence-corrected chi connectivity index (χ2v) is 4.72. The molecular formula is C16H13FN2O3. The number of halogens is 1. The number of fused-ring (bicyclic) bond motifs is 1. The molecule has 0 fully saturated rings. The van der Waals surface area contributed by atoms with Crippen LogP contribution in [0.2, 0.25) is 0 Å². The Hall–Kier alpha value is -2.89. The first-order valence-corrected chi connectivity index (χ1v) is 6.64. The van der Waals surface area contributed by atoms with E-state index >= 15 is 0 Å². The van der Waals surface area contributed by atoms with Gasteiger partial charge < -0.3 is 9.47 Å². The minimum atomic E-state index is -0.381. The topological polar surface area (TPSA) is 59.9 Å². The molecule has 2 aromatic carbocycles. The number of amides is 1. The van der Waals surface area contributed by atoms with Gasteiger partial charge in [0.1, 0.15) is 5.82 Å². The number of nitrogens with zero attached hydrogens (tertiary/aromatic N) is 1. The van der Waals surface area contributed by atoms with Crippen LogP contribution >= 0.6 is 0 Å². The van der Waals surface area contributed by atoms with Crippen molar-refractivity contribution < 1.29 is 18.7 Å². The molecule has 0 radical (unpaired) electrons. The van der Waals surface area contributed by atoms with Gasteiger partial charge in [-0.2, -0.15) is 5.10 Å². The Labute approximate surface area is 126 Å². The lowest BCUT2D eigenvalue weighted by molar-refractivity contribution is 0.0954. The van der Waals surface area contributed by atoms with Gasteiger partial charge in [0.2, 0.25) is 6.79 Å². The molecule has 22 heavy (non-hydrogen) atoms. The standard InChI is InChI=1S/C16H13FN2O3/c1-10(11-3-2-4-13(17)7-11)18-19-16(20)12-5-6-14-15(8-12)22-9-21-14/h2-8H,9H2,1H3,(H,19,20)/b18-10+. The summed E-state index contributed by atoms with van der Waals surface area (Å²) in [5, 5.41) is 3.98. The second kappa shape index (κ2) is 5.85. The Morgan fingerprint density at radius 3 is 2.77 bits per heavy atom. The molecule has 0 spiro atoms. The molecule has 0 saturated carbocycles. The van der Waals surface area contributed by atoms with Crippen LogP contribution in [0.1, 0.15) is 22.8 Å². The third kappa shape index (κ3) is 2.90. The smallest absolute Gasteiger partial charge is 0.271 e. The molecule has 5 nitrogen and oxygen atoms in total. The Balaban J connectivity index is 1.73. The third-order valence-electron chi connectivity index (χ3n) is 3.20. The predicted octanol–water partition coefficient (Wildman–Crippen LogP) is 2.71. The Morgan fingerprint density at radius 1 is 1.14 bits per heavy atom. The van der Waals surface area contributed by atoms with E-state index in [1.165, 1.54) is 12.1 Å². The maximum atomic E-state index is 13.2. The zero-order chi connectivity index (χ0) is 15.5. The number of hydrazone groups is 1. The van der Waals surface area contributed by atoms with E-state index in [9.17, 15) is 9.18 Å². The highest BCUT2D eigenvalue weighted by Gasteiger charge is 2.16. The summed E-state index contributed by atoms with van der Waals surface area (Å²) in [6.45, 7) is 1.84. The lowest BCUT2D eigenvalue weighted by atomic mass is 10.1. The van der Waals surface area contributed by atoms with Gasteiger partial charge in [-0.15, -0.1) is 0 Å². The van der Waals surface area contributed by atoms with Crippen LogP contribution in [-0.2, 0) is 0 Å². The first kappa shape index (κ1) is 14.1. The third-order valence-corrected chi connectivity index (χ3v) is 3.20. The lowest BCUT2D eigenvalue weighted by Crippen LogP contribution is -2.19. The van der Waals surface area contributed by atoms with Crippen molar-refractivity contribution in [3.8, 4) is 11.5 Å². The van der Waals surface area contributed by atoms with Crippen LogP contribution in [0.15, 0.2) is 47.6 Å². The fourth-order valence-corrected chi connectivity index (χ4v) is 2.02. The summed E-state index contributed by atoms with van der Waals surface area (Å²) < 4.78 is 23.6. The summed E-state index contributed by atoms with van der Waals surface area (Å²) in [6, 6.07) is 10.9. The summed E-state index contributed by atoms with van der Waals surface area (Å²) in [4.78, 5) is 12.1. The van der Waals surface area contributed by atoms with Crippen molar-refractivity contribution in [1.82, 2.24) is 5.43 Å². The average molecular weight is 300 g/mol. The van der Waals surface area contributed by atoms with Crippen molar-refractivity contribution in [1.29, 1.82) is 0 Å². The van der Waals surface area contributed by atoms with E-state index in [1.807, 2.05) is 0 Å². The molecule has 0 aromatic heterocycles. The number of carbonyl (C=O) groups excluding carboxylic acids is 1. The van der Waals surface area contributed by atoms with Gasteiger partial charge in [0, 0.05) is 11.1 Å². The van der Waals surface area contributed by atoms with Crippen LogP contribution in [0, 0.1) is 5.82 Å². The lowest BCUT2D eigenvalue weighted by Gasteiger charge is -2.04. The van der Waals surface area contributed by atoms with Crippen LogP contribution in [0.3, 0.4) is 0 Å². The molecule has 1 aliphatic rings. The van der Waals surface area contributed by atoms with Crippen LogP contribution in [0.4, 0.5) is 4.39 Å². The van der Waals surface area contributed by atoms with Crippen LogP contribution in [0.5, 0.6) is 11.5 Å². The van der Waals surface area contributed by atoms with E-state index in [4.69, 9.17) is 9.47 Å². The SMILES string of the molecule is C/C(=N\NC(=O)c1ccc2c(c1)OCO2)c1cccc(F)c1. The zero-order valence-electron chi connectivity index (χ0n) is 11.8. The quantitative estimate of drug-likeness (QED) is 0.700. The Bertz CT molecular complexity index is 759. The van der Waals surface area contributed by atoms with E-state index in [2.05, 4.69) is 10.5 Å². The van der Waals surface area contributed by atoms with Crippen molar-refractivity contribution in [2.75, 3.05) is 6.79 Å². The Kier molecular flexibility index (Phi) is 3.74. The van der Waals surface area contributed by atoms with Gasteiger partial charge in [-0.25, -0.2) is 9.82 Å². The van der Waals surface area contributed by atoms with Crippen molar-refractivity contribution in [2.45, 2.75) is 6.92 Å². The predicted molar refractivity (Wildman–Crippen MR) is 78.6 cm³/mol. The van der Waals surface area contributed by atoms with Crippen LogP contribution in [-0.4, -0.2) is 18.4 Å². The van der Waals surface area contributed by atoms with Crippen molar-refractivity contribution in [3.63, 3.8) is 0 Å². The molecule has 2 aromatic rings. The van der Waals surface area contributed by atoms with E-state index in [0.29, 0.717) is 28.3 Å². The molecule has 0 bridgehead atoms. The number of carbonyl (C=O) groups is 1. The first-order chi connectivity index (χ1) is 10.6. The molecule has 3 rings (SSSR count). The fourth-order valence-electron chi connectivity index (χ4n) is 2.02. The van der Waals surface area contributed by atoms with Gasteiger partial charge in [0.05, 0.1) is 5.71 Å². The molecule has 0 atom stereocenters. The molecule has 0 unspecified atom stereocenters. The molecule has 1 heterocycles. The molecule has 1 N–H and O–H groups in total. The minimum Gasteiger partial charge on any atom is -0.454 e. The van der Waals surface area contributed by atoms with Crippen LogP contribution < -0.4 is 14.9 Å². The number of nitrogens with one attached hydrogen (secondary N) is 1. The number of ether oxygens (including phenoxy) is 2. The van der Waals surface area contributed by atoms with Crippen molar-refractivity contribution in [2.24, 2.45) is 5.10 Å². The highest BCUT2D eigenvalue weighted by atomic mass is 19.1.